The van der Waals surface area contributed by atoms with Crippen LogP contribution in [0.25, 0.3) is 0 Å². The number of hydrogen-bond acceptors (Lipinski definition) is 3. The molecule has 2 N–H and O–H groups in total. The fourth-order valence-corrected chi connectivity index (χ4v) is 2.07. The molecule has 0 spiro atoms. The predicted molar refractivity (Wildman–Crippen MR) is 86.4 cm³/mol. The molecule has 1 amide bonds. The summed E-state index contributed by atoms with van der Waals surface area (Å²) in [7, 11) is 0. The van der Waals surface area contributed by atoms with E-state index in [0.717, 1.165) is 0 Å². The Labute approximate surface area is 128 Å². The van der Waals surface area contributed by atoms with Gasteiger partial charge in [0, 0.05) is 18.6 Å². The zero-order chi connectivity index (χ0) is 16.0. The van der Waals surface area contributed by atoms with Crippen molar-refractivity contribution in [2.45, 2.75) is 59.2 Å². The molecule has 0 aliphatic rings. The van der Waals surface area contributed by atoms with E-state index < -0.39 is 5.60 Å². The normalized spacial score (nSPS) is 14.4. The summed E-state index contributed by atoms with van der Waals surface area (Å²) in [4.78, 5) is 11.6. The van der Waals surface area contributed by atoms with E-state index in [1.165, 1.54) is 11.1 Å². The van der Waals surface area contributed by atoms with E-state index in [4.69, 9.17) is 4.74 Å². The van der Waals surface area contributed by atoms with E-state index in [9.17, 15) is 4.79 Å². The fraction of sp³-hybridized carbons (Fsp3) is 0.588. The van der Waals surface area contributed by atoms with Gasteiger partial charge in [-0.25, -0.2) is 4.79 Å². The van der Waals surface area contributed by atoms with Crippen LogP contribution < -0.4 is 10.6 Å². The maximum atomic E-state index is 11.6. The van der Waals surface area contributed by atoms with Crippen LogP contribution in [0.2, 0.25) is 0 Å². The van der Waals surface area contributed by atoms with E-state index in [0.29, 0.717) is 6.54 Å². The molecular weight excluding hydrogens is 264 g/mol. The summed E-state index contributed by atoms with van der Waals surface area (Å²) in [6.07, 6.45) is -0.376. The number of benzene rings is 1. The number of nitrogens with one attached hydrogen (secondary N) is 2. The zero-order valence-electron chi connectivity index (χ0n) is 14.0. The molecule has 2 unspecified atom stereocenters. The number of rotatable bonds is 5. The maximum Gasteiger partial charge on any atom is 0.407 e. The van der Waals surface area contributed by atoms with Crippen LogP contribution in [-0.2, 0) is 4.74 Å². The summed E-state index contributed by atoms with van der Waals surface area (Å²) >= 11 is 0. The van der Waals surface area contributed by atoms with Gasteiger partial charge in [0.05, 0.1) is 0 Å². The van der Waals surface area contributed by atoms with Gasteiger partial charge in [-0.05, 0) is 47.1 Å². The summed E-state index contributed by atoms with van der Waals surface area (Å²) in [6.45, 7) is 12.4. The topological polar surface area (TPSA) is 50.4 Å². The summed E-state index contributed by atoms with van der Waals surface area (Å²) in [5.41, 5.74) is 2.04. The molecule has 0 aromatic heterocycles. The summed E-state index contributed by atoms with van der Waals surface area (Å²) in [6, 6.07) is 8.83. The van der Waals surface area contributed by atoms with Crippen molar-refractivity contribution >= 4 is 6.09 Å². The highest BCUT2D eigenvalue weighted by molar-refractivity contribution is 5.67. The second kappa shape index (κ2) is 7.46. The van der Waals surface area contributed by atoms with E-state index in [1.807, 2.05) is 27.7 Å². The second-order valence-electron chi connectivity index (χ2n) is 6.59. The van der Waals surface area contributed by atoms with Gasteiger partial charge in [0.2, 0.25) is 0 Å². The SMILES string of the molecule is Cc1cccc(C(C)NC(C)CNC(=O)OC(C)(C)C)c1. The zero-order valence-corrected chi connectivity index (χ0v) is 14.0. The number of ether oxygens (including phenoxy) is 1. The lowest BCUT2D eigenvalue weighted by atomic mass is 10.1. The van der Waals surface area contributed by atoms with E-state index in [2.05, 4.69) is 48.7 Å². The minimum absolute atomic E-state index is 0.160. The van der Waals surface area contributed by atoms with Crippen LogP contribution in [0.3, 0.4) is 0 Å². The Morgan fingerprint density at radius 1 is 1.29 bits per heavy atom. The average Bonchev–Trinajstić information content (AvgIpc) is 2.34. The Morgan fingerprint density at radius 3 is 2.52 bits per heavy atom. The van der Waals surface area contributed by atoms with Crippen molar-refractivity contribution in [2.75, 3.05) is 6.54 Å². The Balaban J connectivity index is 2.40. The molecule has 1 aromatic rings. The summed E-state index contributed by atoms with van der Waals surface area (Å²) < 4.78 is 5.22. The fourth-order valence-electron chi connectivity index (χ4n) is 2.07. The van der Waals surface area contributed by atoms with Crippen LogP contribution in [0.4, 0.5) is 4.79 Å². The maximum absolute atomic E-state index is 11.6. The molecule has 0 aliphatic carbocycles. The quantitative estimate of drug-likeness (QED) is 0.872. The number of amides is 1. The smallest absolute Gasteiger partial charge is 0.407 e. The van der Waals surface area contributed by atoms with Crippen molar-refractivity contribution < 1.29 is 9.53 Å². The van der Waals surface area contributed by atoms with Crippen molar-refractivity contribution in [1.82, 2.24) is 10.6 Å². The molecule has 0 radical (unpaired) electrons. The van der Waals surface area contributed by atoms with Crippen molar-refractivity contribution in [3.05, 3.63) is 35.4 Å². The summed E-state index contributed by atoms with van der Waals surface area (Å²) in [5, 5.41) is 6.25. The van der Waals surface area contributed by atoms with Crippen molar-refractivity contribution in [2.24, 2.45) is 0 Å². The Bertz CT molecular complexity index is 466. The van der Waals surface area contributed by atoms with Crippen LogP contribution in [0.15, 0.2) is 24.3 Å². The van der Waals surface area contributed by atoms with Crippen molar-refractivity contribution in [1.29, 1.82) is 0 Å². The van der Waals surface area contributed by atoms with Gasteiger partial charge in [0.25, 0.3) is 0 Å². The number of carbonyl (C=O) groups is 1. The molecule has 0 fully saturated rings. The standard InChI is InChI=1S/C17H28N2O2/c1-12-8-7-9-15(10-12)14(3)19-13(2)11-18-16(20)21-17(4,5)6/h7-10,13-14,19H,11H2,1-6H3,(H,18,20). The number of hydrogen-bond donors (Lipinski definition) is 2. The Morgan fingerprint density at radius 2 is 1.95 bits per heavy atom. The minimum atomic E-state index is -0.463. The van der Waals surface area contributed by atoms with Gasteiger partial charge in [-0.3, -0.25) is 0 Å². The van der Waals surface area contributed by atoms with Gasteiger partial charge >= 0.3 is 6.09 Å². The minimum Gasteiger partial charge on any atom is -0.444 e. The van der Waals surface area contributed by atoms with Crippen LogP contribution >= 0.6 is 0 Å². The first-order valence-electron chi connectivity index (χ1n) is 7.47. The predicted octanol–water partition coefficient (Wildman–Crippen LogP) is 3.56. The number of alkyl carbamates (subject to hydrolysis) is 1. The van der Waals surface area contributed by atoms with E-state index >= 15 is 0 Å². The third-order valence-electron chi connectivity index (χ3n) is 3.03. The molecule has 4 nitrogen and oxygen atoms in total. The molecule has 0 heterocycles. The van der Waals surface area contributed by atoms with Gasteiger partial charge in [-0.1, -0.05) is 29.8 Å². The average molecular weight is 292 g/mol. The van der Waals surface area contributed by atoms with Crippen LogP contribution in [-0.4, -0.2) is 24.3 Å². The highest BCUT2D eigenvalue weighted by atomic mass is 16.6. The lowest BCUT2D eigenvalue weighted by molar-refractivity contribution is 0.0522. The first-order chi connectivity index (χ1) is 9.67. The van der Waals surface area contributed by atoms with Gasteiger partial charge < -0.3 is 15.4 Å². The van der Waals surface area contributed by atoms with E-state index in [1.54, 1.807) is 0 Å². The van der Waals surface area contributed by atoms with Crippen LogP contribution in [0, 0.1) is 6.92 Å². The lowest BCUT2D eigenvalue weighted by Gasteiger charge is -2.23. The number of carbonyl (C=O) groups excluding carboxylic acids is 1. The summed E-state index contributed by atoms with van der Waals surface area (Å²) in [5.74, 6) is 0. The molecule has 4 heteroatoms. The highest BCUT2D eigenvalue weighted by Crippen LogP contribution is 2.14. The van der Waals surface area contributed by atoms with E-state index in [-0.39, 0.29) is 18.2 Å². The molecule has 1 rings (SSSR count). The lowest BCUT2D eigenvalue weighted by Crippen LogP contribution is -2.41. The van der Waals surface area contributed by atoms with Crippen molar-refractivity contribution in [3.63, 3.8) is 0 Å². The molecule has 118 valence electrons. The first-order valence-corrected chi connectivity index (χ1v) is 7.47. The monoisotopic (exact) mass is 292 g/mol. The molecule has 0 saturated carbocycles. The first kappa shape index (κ1) is 17.5. The van der Waals surface area contributed by atoms with Crippen LogP contribution in [0.5, 0.6) is 0 Å². The van der Waals surface area contributed by atoms with Gasteiger partial charge in [-0.15, -0.1) is 0 Å². The molecule has 0 aliphatic heterocycles. The van der Waals surface area contributed by atoms with Crippen molar-refractivity contribution in [3.8, 4) is 0 Å². The molecule has 0 bridgehead atoms. The Hall–Kier alpha value is -1.55. The van der Waals surface area contributed by atoms with Gasteiger partial charge in [0.15, 0.2) is 0 Å². The van der Waals surface area contributed by atoms with Gasteiger partial charge in [-0.2, -0.15) is 0 Å². The molecule has 1 aromatic carbocycles. The molecule has 21 heavy (non-hydrogen) atoms. The third kappa shape index (κ3) is 7.14. The molecule has 2 atom stereocenters. The molecular formula is C17H28N2O2. The molecule has 0 saturated heterocycles. The highest BCUT2D eigenvalue weighted by Gasteiger charge is 2.17. The third-order valence-corrected chi connectivity index (χ3v) is 3.03. The Kier molecular flexibility index (Phi) is 6.21. The van der Waals surface area contributed by atoms with Gasteiger partial charge in [0.1, 0.15) is 5.60 Å². The van der Waals surface area contributed by atoms with Crippen LogP contribution in [0.1, 0.15) is 51.8 Å². The largest absolute Gasteiger partial charge is 0.444 e. The second-order valence-corrected chi connectivity index (χ2v) is 6.59. The number of aryl methyl sites for hydroxylation is 1.